The predicted octanol–water partition coefficient (Wildman–Crippen LogP) is 2.43. The Morgan fingerprint density at radius 1 is 1.29 bits per heavy atom. The molecule has 2 aliphatic rings. The van der Waals surface area contributed by atoms with Crippen LogP contribution in [0.3, 0.4) is 0 Å². The number of para-hydroxylation sites is 1. The van der Waals surface area contributed by atoms with Crippen molar-refractivity contribution < 1.29 is 9.53 Å². The van der Waals surface area contributed by atoms with Gasteiger partial charge in [-0.1, -0.05) is 17.7 Å². The lowest BCUT2D eigenvalue weighted by molar-refractivity contribution is 0.0927. The zero-order valence-electron chi connectivity index (χ0n) is 16.9. The molecule has 2 aromatic heterocycles. The number of hydrogen-bond donors (Lipinski definition) is 5. The molecule has 1 fully saturated rings. The zero-order valence-corrected chi connectivity index (χ0v) is 17.6. The fourth-order valence-electron chi connectivity index (χ4n) is 4.44. The molecule has 0 saturated carbocycles. The molecule has 0 bridgehead atoms. The molecule has 2 aliphatic heterocycles. The van der Waals surface area contributed by atoms with Crippen molar-refractivity contribution in [2.75, 3.05) is 37.8 Å². The maximum Gasteiger partial charge on any atom is 0.255 e. The summed E-state index contributed by atoms with van der Waals surface area (Å²) in [5.41, 5.74) is 9.55. The lowest BCUT2D eigenvalue weighted by Crippen LogP contribution is -2.48. The minimum absolute atomic E-state index is 0.151. The third kappa shape index (κ3) is 3.17. The second kappa shape index (κ2) is 7.44. The number of carbonyl (C=O) groups excluding carboxylic acids is 1. The maximum absolute atomic E-state index is 13.1. The molecule has 1 spiro atoms. The first-order valence-electron chi connectivity index (χ1n) is 9.96. The molecule has 1 amide bonds. The number of aromatic amines is 1. The number of nitrogens with one attached hydrogen (secondary N) is 4. The number of nitrogens with two attached hydrogens (primary N) is 1. The van der Waals surface area contributed by atoms with Crippen LogP contribution in [0.15, 0.2) is 30.5 Å². The van der Waals surface area contributed by atoms with Crippen molar-refractivity contribution in [1.82, 2.24) is 25.6 Å². The molecule has 0 unspecified atom stereocenters. The summed E-state index contributed by atoms with van der Waals surface area (Å²) in [7, 11) is 1.55. The van der Waals surface area contributed by atoms with Crippen LogP contribution in [-0.4, -0.2) is 47.6 Å². The average molecular weight is 440 g/mol. The molecule has 160 valence electrons. The van der Waals surface area contributed by atoms with E-state index < -0.39 is 0 Å². The lowest BCUT2D eigenvalue weighted by Gasteiger charge is -2.33. The molecule has 9 nitrogen and oxygen atoms in total. The normalized spacial score (nSPS) is 19.9. The number of aromatic nitrogens is 3. The second-order valence-corrected chi connectivity index (χ2v) is 8.17. The summed E-state index contributed by atoms with van der Waals surface area (Å²) in [5, 5.41) is 10.3. The van der Waals surface area contributed by atoms with Gasteiger partial charge >= 0.3 is 0 Å². The molecule has 5 rings (SSSR count). The lowest BCUT2D eigenvalue weighted by atomic mass is 9.79. The highest BCUT2D eigenvalue weighted by Gasteiger charge is 2.45. The van der Waals surface area contributed by atoms with E-state index in [4.69, 9.17) is 22.1 Å². The highest BCUT2D eigenvalue weighted by molar-refractivity contribution is 6.32. The summed E-state index contributed by atoms with van der Waals surface area (Å²) in [4.78, 5) is 24.9. The standard InChI is InChI=1S/C21H22ClN7O2/c1-31-17-11(22)3-2-4-13(17)27-16-14-18(21(6-8-24-9-21)10-26-19(14)30)29-15(16)12-5-7-25-20(23)28-12/h2-5,7,24,27,29H,6,8-10H2,1H3,(H,26,30)(H2,23,25,28)/t21-/m1/s1. The van der Waals surface area contributed by atoms with Gasteiger partial charge in [-0.05, 0) is 31.2 Å². The fraction of sp³-hybridized carbons (Fsp3) is 0.286. The van der Waals surface area contributed by atoms with Crippen molar-refractivity contribution in [2.45, 2.75) is 11.8 Å². The molecule has 1 saturated heterocycles. The van der Waals surface area contributed by atoms with E-state index in [1.165, 1.54) is 0 Å². The Bertz CT molecular complexity index is 1170. The highest BCUT2D eigenvalue weighted by atomic mass is 35.5. The van der Waals surface area contributed by atoms with Gasteiger partial charge < -0.3 is 31.4 Å². The van der Waals surface area contributed by atoms with Crippen LogP contribution in [0.2, 0.25) is 5.02 Å². The van der Waals surface area contributed by atoms with Gasteiger partial charge in [-0.25, -0.2) is 9.97 Å². The van der Waals surface area contributed by atoms with E-state index in [-0.39, 0.29) is 17.3 Å². The van der Waals surface area contributed by atoms with Gasteiger partial charge in [0, 0.05) is 30.4 Å². The van der Waals surface area contributed by atoms with Gasteiger partial charge in [-0.15, -0.1) is 0 Å². The van der Waals surface area contributed by atoms with Crippen molar-refractivity contribution in [2.24, 2.45) is 0 Å². The molecule has 0 radical (unpaired) electrons. The third-order valence-electron chi connectivity index (χ3n) is 5.95. The van der Waals surface area contributed by atoms with Crippen molar-refractivity contribution in [3.8, 4) is 17.1 Å². The van der Waals surface area contributed by atoms with E-state index in [0.717, 1.165) is 25.2 Å². The zero-order chi connectivity index (χ0) is 21.6. The SMILES string of the molecule is COc1c(Cl)cccc1Nc1c(-c2ccnc(N)n2)[nH]c2c1C(=O)NC[C@]21CCNC1. The summed E-state index contributed by atoms with van der Waals surface area (Å²) < 4.78 is 5.49. The number of nitrogens with zero attached hydrogens (tertiary/aromatic N) is 2. The number of H-pyrrole nitrogens is 1. The quantitative estimate of drug-likeness (QED) is 0.422. The van der Waals surface area contributed by atoms with Gasteiger partial charge in [0.15, 0.2) is 5.75 Å². The number of benzene rings is 1. The molecule has 6 N–H and O–H groups in total. The van der Waals surface area contributed by atoms with Crippen molar-refractivity contribution in [1.29, 1.82) is 0 Å². The molecule has 10 heteroatoms. The highest BCUT2D eigenvalue weighted by Crippen LogP contribution is 2.45. The predicted molar refractivity (Wildman–Crippen MR) is 119 cm³/mol. The van der Waals surface area contributed by atoms with Crippen LogP contribution in [0.5, 0.6) is 5.75 Å². The van der Waals surface area contributed by atoms with Crippen LogP contribution in [0.25, 0.3) is 11.4 Å². The van der Waals surface area contributed by atoms with Crippen LogP contribution < -0.4 is 26.4 Å². The van der Waals surface area contributed by atoms with E-state index in [9.17, 15) is 4.79 Å². The molecule has 0 aliphatic carbocycles. The molecular formula is C21H22ClN7O2. The molecule has 31 heavy (non-hydrogen) atoms. The van der Waals surface area contributed by atoms with E-state index >= 15 is 0 Å². The van der Waals surface area contributed by atoms with E-state index in [2.05, 4.69) is 30.9 Å². The minimum Gasteiger partial charge on any atom is -0.493 e. The number of nitrogen functional groups attached to an aromatic ring is 1. The van der Waals surface area contributed by atoms with E-state index in [1.807, 2.05) is 12.1 Å². The first-order valence-corrected chi connectivity index (χ1v) is 10.3. The van der Waals surface area contributed by atoms with Crippen LogP contribution in [0.1, 0.15) is 22.5 Å². The number of amides is 1. The molecule has 4 heterocycles. The molecule has 1 aromatic carbocycles. The van der Waals surface area contributed by atoms with Crippen LogP contribution >= 0.6 is 11.6 Å². The van der Waals surface area contributed by atoms with Gasteiger partial charge in [0.1, 0.15) is 0 Å². The van der Waals surface area contributed by atoms with Crippen molar-refractivity contribution in [3.63, 3.8) is 0 Å². The Kier molecular flexibility index (Phi) is 4.71. The van der Waals surface area contributed by atoms with Gasteiger partial charge in [0.05, 0.1) is 40.5 Å². The number of halogens is 1. The van der Waals surface area contributed by atoms with Gasteiger partial charge in [-0.2, -0.15) is 0 Å². The van der Waals surface area contributed by atoms with Crippen LogP contribution in [0.4, 0.5) is 17.3 Å². The van der Waals surface area contributed by atoms with E-state index in [1.54, 1.807) is 25.4 Å². The first-order chi connectivity index (χ1) is 15.0. The molecular weight excluding hydrogens is 418 g/mol. The summed E-state index contributed by atoms with van der Waals surface area (Å²) in [6.07, 6.45) is 2.50. The minimum atomic E-state index is -0.213. The number of ether oxygens (including phenoxy) is 1. The van der Waals surface area contributed by atoms with Crippen molar-refractivity contribution in [3.05, 3.63) is 46.7 Å². The Hall–Kier alpha value is -3.30. The Morgan fingerprint density at radius 3 is 2.90 bits per heavy atom. The number of rotatable bonds is 4. The van der Waals surface area contributed by atoms with Gasteiger partial charge in [-0.3, -0.25) is 4.79 Å². The second-order valence-electron chi connectivity index (χ2n) is 7.76. The number of methoxy groups -OCH3 is 1. The summed E-state index contributed by atoms with van der Waals surface area (Å²) >= 11 is 6.32. The number of carbonyl (C=O) groups is 1. The molecule has 3 aromatic rings. The molecule has 1 atom stereocenters. The average Bonchev–Trinajstić information content (AvgIpc) is 3.38. The third-order valence-corrected chi connectivity index (χ3v) is 6.25. The monoisotopic (exact) mass is 439 g/mol. The maximum atomic E-state index is 13.1. The summed E-state index contributed by atoms with van der Waals surface area (Å²) in [5.74, 6) is 0.485. The van der Waals surface area contributed by atoms with Gasteiger partial charge in [0.25, 0.3) is 5.91 Å². The first kappa shape index (κ1) is 19.7. The number of anilines is 3. The largest absolute Gasteiger partial charge is 0.493 e. The van der Waals surface area contributed by atoms with Crippen molar-refractivity contribution >= 4 is 34.8 Å². The summed E-state index contributed by atoms with van der Waals surface area (Å²) in [6, 6.07) is 7.16. The van der Waals surface area contributed by atoms with E-state index in [0.29, 0.717) is 45.6 Å². The Balaban J connectivity index is 1.74. The van der Waals surface area contributed by atoms with Crippen LogP contribution in [0, 0.1) is 0 Å². The van der Waals surface area contributed by atoms with Crippen LogP contribution in [-0.2, 0) is 5.41 Å². The fourth-order valence-corrected chi connectivity index (χ4v) is 4.69. The Morgan fingerprint density at radius 2 is 2.16 bits per heavy atom. The topological polar surface area (TPSA) is 130 Å². The number of fused-ring (bicyclic) bond motifs is 2. The van der Waals surface area contributed by atoms with Gasteiger partial charge in [0.2, 0.25) is 5.95 Å². The smallest absolute Gasteiger partial charge is 0.255 e. The number of hydrogen-bond acceptors (Lipinski definition) is 7. The Labute approximate surface area is 183 Å². The summed E-state index contributed by atoms with van der Waals surface area (Å²) in [6.45, 7) is 2.22.